The van der Waals surface area contributed by atoms with Crippen LogP contribution in [0, 0.1) is 0 Å². The van der Waals surface area contributed by atoms with Gasteiger partial charge in [0, 0.05) is 105 Å². The van der Waals surface area contributed by atoms with Gasteiger partial charge in [-0.25, -0.2) is 38.7 Å². The Balaban J connectivity index is -0.0000000554. The molecule has 0 amide bonds. The minimum Gasteiger partial charge on any atom is -1.00 e. The van der Waals surface area contributed by atoms with Gasteiger partial charge in [-0.1, -0.05) is 52.1 Å². The quantitative estimate of drug-likeness (QED) is 0.154. The van der Waals surface area contributed by atoms with Gasteiger partial charge in [0.15, 0.2) is 20.0 Å². The van der Waals surface area contributed by atoms with Crippen LogP contribution in [0.4, 0.5) is 79.0 Å². The van der Waals surface area contributed by atoms with Gasteiger partial charge in [0.25, 0.3) is 0 Å². The molecule has 0 spiro atoms. The van der Waals surface area contributed by atoms with Crippen molar-refractivity contribution in [3.05, 3.63) is 66.4 Å². The van der Waals surface area contributed by atoms with E-state index in [-0.39, 0.29) is 94.7 Å². The van der Waals surface area contributed by atoms with Crippen LogP contribution in [0.25, 0.3) is 4.13 Å². The molecule has 0 atom stereocenters. The second-order valence-corrected chi connectivity index (χ2v) is 21.1. The van der Waals surface area contributed by atoms with Crippen molar-refractivity contribution in [1.29, 1.82) is 0 Å². The topological polar surface area (TPSA) is 355 Å². The Morgan fingerprint density at radius 2 is 0.857 bits per heavy atom. The van der Waals surface area contributed by atoms with E-state index in [1.807, 2.05) is 24.7 Å². The zero-order chi connectivity index (χ0) is 62.2. The van der Waals surface area contributed by atoms with Gasteiger partial charge in [0.1, 0.15) is 0 Å². The molecule has 0 radical (unpaired) electrons. The maximum atomic E-state index is 11.5. The van der Waals surface area contributed by atoms with Crippen LogP contribution in [-0.4, -0.2) is 159 Å². The summed E-state index contributed by atoms with van der Waals surface area (Å²) in [6.07, 6.45) is 20.0. The summed E-state index contributed by atoms with van der Waals surface area (Å²) in [5, 5.41) is 0. The molecule has 4 rings (SSSR count). The van der Waals surface area contributed by atoms with Crippen molar-refractivity contribution in [1.82, 2.24) is 49.4 Å². The zero-order valence-electron chi connectivity index (χ0n) is 42.3. The molecule has 2 aliphatic rings. The standard InChI is InChI=1S/2C6H12N2.C4H6N2.C3H3N2.C2H5Cl.C2HF6NO4S2.C2F6NO4S2.CH3Cl.2CF3O2S.3CH4.ClH.Li.H3N.Na.H2O/c2*1-3-8-5-4-7(2)6-8;1-6-3-2-5-4-6;1-2-5-3-4-1;1-2-3;2*3-1(4,5)14(10,11)9-15(12,13)2(6,7)8;1-2;2*2-1(3,4)7(5)6;;;;;;;;/h2*4-5H,3,6H2,1-2H3;2-4H,1H3;1-3H;2H2,1H3;9H;;1H3;;;3*1H4;1H;;1H3;;1H2/q;;;-1;;;-1;;2*-1;;;;;+1;;+1;/p-1. The van der Waals surface area contributed by atoms with Crippen LogP contribution < -0.4 is 76.1 Å². The van der Waals surface area contributed by atoms with E-state index in [0.29, 0.717) is 0 Å². The maximum Gasteiger partial charge on any atom is 1.00 e. The maximum absolute atomic E-state index is 11.5. The van der Waals surface area contributed by atoms with Gasteiger partial charge in [-0.15, -0.1) is 23.2 Å². The molecule has 24 nitrogen and oxygen atoms in total. The zero-order valence-corrected chi connectivity index (χ0v) is 51.5. The van der Waals surface area contributed by atoms with Crippen molar-refractivity contribution < 1.29 is 196 Å². The number of nitrogens with zero attached hydrogens (tertiary/aromatic N) is 9. The summed E-state index contributed by atoms with van der Waals surface area (Å²) in [5.74, 6) is 0.722. The third kappa shape index (κ3) is 58.8. The first kappa shape index (κ1) is 116. The summed E-state index contributed by atoms with van der Waals surface area (Å²) in [4.78, 5) is 19.8. The van der Waals surface area contributed by atoms with Crippen molar-refractivity contribution in [2.24, 2.45) is 7.05 Å². The van der Waals surface area contributed by atoms with Crippen LogP contribution in [0.3, 0.4) is 0 Å². The number of sulfonamides is 4. The van der Waals surface area contributed by atoms with Gasteiger partial charge in [0.05, 0.1) is 19.7 Å². The van der Waals surface area contributed by atoms with Crippen molar-refractivity contribution in [3.8, 4) is 0 Å². The Morgan fingerprint density at radius 1 is 0.583 bits per heavy atom. The number of alkyl halides is 20. The first-order chi connectivity index (χ1) is 33.8. The van der Waals surface area contributed by atoms with Crippen molar-refractivity contribution >= 4 is 84.7 Å². The number of imidazole rings is 2. The molecule has 6 N–H and O–H groups in total. The molecular formula is C31H59Cl3F18LiN11NaO13S6-3. The molecule has 0 aromatic carbocycles. The van der Waals surface area contributed by atoms with Crippen LogP contribution >= 0.6 is 23.2 Å². The average Bonchev–Trinajstić information content (AvgIpc) is 4.09. The molecule has 4 heterocycles. The van der Waals surface area contributed by atoms with Crippen molar-refractivity contribution in [3.63, 3.8) is 0 Å². The SMILES string of the molecule is C.C.C.CCCl.CCN1C=CN(C)C1.CCN1C=CN(C)C1.CCl.Cn1ccnc1.N.O.O=S(=O)(NS(=O)(=O)C(F)(F)F)C(F)(F)F.O=S(=O)([N-]S(=O)(=O)C(F)(F)F)C(F)(F)F.O=[S-](=O)C(F)(F)F.O=[S-](=O)C(F)(F)F.[Cl-].[Li+].[Na+].c1c[n-]cn1. The summed E-state index contributed by atoms with van der Waals surface area (Å²) >= 11 is 9.64. The Hall–Kier alpha value is -2.15. The molecule has 2 aliphatic heterocycles. The first-order valence-corrected chi connectivity index (χ1v) is 27.1. The minimum atomic E-state index is -6.72. The van der Waals surface area contributed by atoms with E-state index in [1.54, 1.807) is 24.9 Å². The van der Waals surface area contributed by atoms with Crippen LogP contribution in [-0.2, 0) is 85.4 Å². The van der Waals surface area contributed by atoms with E-state index in [9.17, 15) is 113 Å². The van der Waals surface area contributed by atoms with Crippen molar-refractivity contribution in [2.75, 3.05) is 52.8 Å². The fourth-order valence-electron chi connectivity index (χ4n) is 2.56. The molecular weight excluding hydrogens is 1410 g/mol. The fourth-order valence-corrected chi connectivity index (χ4v) is 6.18. The van der Waals surface area contributed by atoms with E-state index in [2.05, 4.69) is 98.9 Å². The smallest absolute Gasteiger partial charge is 1.00 e. The Kier molecular flexibility index (Phi) is 73.0. The second kappa shape index (κ2) is 52.8. The van der Waals surface area contributed by atoms with E-state index in [1.165, 1.54) is 12.7 Å². The molecule has 2 aromatic rings. The minimum absolute atomic E-state index is 0. The number of halogens is 21. The molecule has 0 unspecified atom stereocenters. The molecule has 2 aromatic heterocycles. The fraction of sp³-hybridized carbons (Fsp3) is 0.677. The number of hydrogen-bond donors (Lipinski definition) is 2. The molecule has 504 valence electrons. The molecule has 84 heavy (non-hydrogen) atoms. The normalized spacial score (nSPS) is 12.4. The third-order valence-electron chi connectivity index (χ3n) is 5.68. The molecule has 0 fully saturated rings. The van der Waals surface area contributed by atoms with Gasteiger partial charge in [0.2, 0.25) is 0 Å². The average molecular weight is 1460 g/mol. The summed E-state index contributed by atoms with van der Waals surface area (Å²) in [5.41, 5.74) is -34.9. The number of nitrogens with one attached hydrogen (secondary N) is 1. The number of aromatic nitrogens is 4. The predicted molar refractivity (Wildman–Crippen MR) is 262 cm³/mol. The molecule has 53 heteroatoms. The van der Waals surface area contributed by atoms with Crippen LogP contribution in [0.15, 0.2) is 62.2 Å². The summed E-state index contributed by atoms with van der Waals surface area (Å²) in [7, 11) is -28.4. The van der Waals surface area contributed by atoms with Gasteiger partial charge >= 0.3 is 102 Å². The van der Waals surface area contributed by atoms with Gasteiger partial charge in [-0.3, -0.25) is 0 Å². The van der Waals surface area contributed by atoms with E-state index >= 15 is 0 Å². The van der Waals surface area contributed by atoms with Gasteiger partial charge in [-0.2, -0.15) is 79.0 Å². The Morgan fingerprint density at radius 3 is 0.952 bits per heavy atom. The predicted octanol–water partition coefficient (Wildman–Crippen LogP) is -0.853. The van der Waals surface area contributed by atoms with Crippen molar-refractivity contribution in [2.45, 2.75) is 76.1 Å². The molecule has 0 saturated carbocycles. The van der Waals surface area contributed by atoms with Crippen LogP contribution in [0.5, 0.6) is 0 Å². The van der Waals surface area contributed by atoms with E-state index in [4.69, 9.17) is 28.4 Å². The summed E-state index contributed by atoms with van der Waals surface area (Å²) in [6, 6.07) is 0. The summed E-state index contributed by atoms with van der Waals surface area (Å²) < 4.78 is 318. The molecule has 0 saturated heterocycles. The first-order valence-electron chi connectivity index (χ1n) is 17.8. The number of aryl methyl sites for hydroxylation is 1. The van der Waals surface area contributed by atoms with Gasteiger partial charge < -0.3 is 79.1 Å². The number of hydrogen-bond acceptors (Lipinski definition) is 21. The largest absolute Gasteiger partial charge is 1.00 e. The third-order valence-corrected chi connectivity index (χ3v) is 12.2. The Bertz CT molecular complexity index is 2300. The molecule has 0 bridgehead atoms. The summed E-state index contributed by atoms with van der Waals surface area (Å²) in [6.45, 7) is 10.5. The number of rotatable bonds is 6. The second-order valence-electron chi connectivity index (χ2n) is 11.7. The van der Waals surface area contributed by atoms with Crippen LogP contribution in [0.1, 0.15) is 43.1 Å². The van der Waals surface area contributed by atoms with E-state index < -0.39 is 98.7 Å². The van der Waals surface area contributed by atoms with Crippen LogP contribution in [0.2, 0.25) is 0 Å². The van der Waals surface area contributed by atoms with E-state index in [0.717, 1.165) is 36.4 Å². The monoisotopic (exact) mass is 1460 g/mol. The van der Waals surface area contributed by atoms with Gasteiger partial charge in [-0.05, 0) is 13.8 Å². The Labute approximate surface area is 528 Å². The molecule has 0 aliphatic carbocycles.